The highest BCUT2D eigenvalue weighted by atomic mass is 16.5. The van der Waals surface area contributed by atoms with Gasteiger partial charge in [0.1, 0.15) is 5.78 Å². The average Bonchev–Trinajstić information content (AvgIpc) is 3.35. The fourth-order valence-electron chi connectivity index (χ4n) is 11.8. The van der Waals surface area contributed by atoms with E-state index >= 15 is 0 Å². The molecule has 3 heteroatoms. The van der Waals surface area contributed by atoms with Crippen molar-refractivity contribution in [2.75, 3.05) is 0 Å². The molecule has 33 heavy (non-hydrogen) atoms. The maximum Gasteiger partial charge on any atom is 0.138 e. The molecule has 5 saturated carbocycles. The van der Waals surface area contributed by atoms with E-state index in [-0.39, 0.29) is 17.6 Å². The topological polar surface area (TPSA) is 46.5 Å². The molecule has 3 nitrogen and oxygen atoms in total. The number of rotatable bonds is 1. The van der Waals surface area contributed by atoms with Crippen LogP contribution in [0.5, 0.6) is 0 Å². The summed E-state index contributed by atoms with van der Waals surface area (Å²) in [5.74, 6) is 3.14. The number of aliphatic hydroxyl groups is 1. The van der Waals surface area contributed by atoms with Crippen LogP contribution in [0, 0.1) is 50.7 Å². The van der Waals surface area contributed by atoms with E-state index in [9.17, 15) is 9.90 Å². The van der Waals surface area contributed by atoms with Crippen molar-refractivity contribution >= 4 is 5.78 Å². The monoisotopic (exact) mass is 456 g/mol. The fourth-order valence-corrected chi connectivity index (χ4v) is 11.8. The third kappa shape index (κ3) is 2.58. The number of Topliss-reactive ketones (excluding diaryl/α,β-unsaturated/α-hetero) is 1. The molecular formula is C30H48O3. The van der Waals surface area contributed by atoms with Gasteiger partial charge in [-0.05, 0) is 117 Å². The number of fused-ring (bicyclic) bond motifs is 4. The van der Waals surface area contributed by atoms with Crippen molar-refractivity contribution < 1.29 is 14.6 Å². The van der Waals surface area contributed by atoms with Crippen LogP contribution in [0.4, 0.5) is 0 Å². The second-order valence-electron chi connectivity index (χ2n) is 15.3. The molecule has 0 amide bonds. The lowest BCUT2D eigenvalue weighted by Gasteiger charge is -2.62. The molecule has 186 valence electrons. The summed E-state index contributed by atoms with van der Waals surface area (Å²) in [5.41, 5.74) is 0.626. The van der Waals surface area contributed by atoms with Gasteiger partial charge in [0.15, 0.2) is 0 Å². The van der Waals surface area contributed by atoms with E-state index in [4.69, 9.17) is 4.74 Å². The Morgan fingerprint density at radius 1 is 0.909 bits per heavy atom. The van der Waals surface area contributed by atoms with Crippen LogP contribution in [-0.2, 0) is 9.53 Å². The van der Waals surface area contributed by atoms with Crippen molar-refractivity contribution in [2.24, 2.45) is 50.7 Å². The number of carbonyl (C=O) groups excluding carboxylic acids is 1. The molecule has 0 bridgehead atoms. The SMILES string of the molecule is C[C@@H]1CC[C@H](C(C)(C)O)OC2C[C@@]3(C)C4CCC5C(C)(C)C(=O)CC[C@@]56C[C@@]46CC[C@]3(C)C21. The molecular weight excluding hydrogens is 408 g/mol. The van der Waals surface area contributed by atoms with E-state index in [0.717, 1.165) is 25.2 Å². The summed E-state index contributed by atoms with van der Waals surface area (Å²) in [7, 11) is 0. The van der Waals surface area contributed by atoms with Crippen LogP contribution in [0.25, 0.3) is 0 Å². The van der Waals surface area contributed by atoms with Gasteiger partial charge in [-0.25, -0.2) is 0 Å². The summed E-state index contributed by atoms with van der Waals surface area (Å²) in [6.07, 6.45) is 12.1. The molecule has 0 aromatic carbocycles. The Morgan fingerprint density at radius 2 is 1.58 bits per heavy atom. The fraction of sp³-hybridized carbons (Fsp3) is 0.967. The van der Waals surface area contributed by atoms with Crippen LogP contribution in [0.15, 0.2) is 0 Å². The maximum atomic E-state index is 12.9. The summed E-state index contributed by atoms with van der Waals surface area (Å²) < 4.78 is 6.88. The van der Waals surface area contributed by atoms with Crippen molar-refractivity contribution in [1.82, 2.24) is 0 Å². The first-order chi connectivity index (χ1) is 15.2. The minimum atomic E-state index is -0.774. The summed E-state index contributed by atoms with van der Waals surface area (Å²) in [5, 5.41) is 10.8. The minimum Gasteiger partial charge on any atom is -0.388 e. The van der Waals surface area contributed by atoms with E-state index in [2.05, 4.69) is 34.6 Å². The lowest BCUT2D eigenvalue weighted by molar-refractivity contribution is -0.157. The van der Waals surface area contributed by atoms with Gasteiger partial charge in [-0.2, -0.15) is 0 Å². The van der Waals surface area contributed by atoms with Gasteiger partial charge in [0.05, 0.1) is 17.8 Å². The average molecular weight is 457 g/mol. The van der Waals surface area contributed by atoms with Crippen LogP contribution in [0.2, 0.25) is 0 Å². The van der Waals surface area contributed by atoms with Crippen molar-refractivity contribution in [3.8, 4) is 0 Å². The molecule has 1 heterocycles. The van der Waals surface area contributed by atoms with Crippen LogP contribution >= 0.6 is 0 Å². The van der Waals surface area contributed by atoms with Crippen molar-refractivity contribution in [3.63, 3.8) is 0 Å². The van der Waals surface area contributed by atoms with Crippen LogP contribution in [0.3, 0.4) is 0 Å². The number of carbonyl (C=O) groups is 1. The summed E-state index contributed by atoms with van der Waals surface area (Å²) >= 11 is 0. The van der Waals surface area contributed by atoms with E-state index in [1.807, 2.05) is 13.8 Å². The number of ketones is 1. The number of hydrogen-bond donors (Lipinski definition) is 1. The predicted molar refractivity (Wildman–Crippen MR) is 131 cm³/mol. The summed E-state index contributed by atoms with van der Waals surface area (Å²) in [4.78, 5) is 12.9. The molecule has 5 aliphatic carbocycles. The van der Waals surface area contributed by atoms with Crippen LogP contribution in [0.1, 0.15) is 113 Å². The Hall–Kier alpha value is -0.410. The Balaban J connectivity index is 1.37. The quantitative estimate of drug-likeness (QED) is 0.486. The first-order valence-corrected chi connectivity index (χ1v) is 14.1. The normalized spacial score (nSPS) is 57.2. The Kier molecular flexibility index (Phi) is 4.51. The van der Waals surface area contributed by atoms with E-state index < -0.39 is 5.60 Å². The molecule has 1 saturated heterocycles. The number of hydrogen-bond acceptors (Lipinski definition) is 3. The van der Waals surface area contributed by atoms with Gasteiger partial charge in [-0.15, -0.1) is 0 Å². The highest BCUT2D eigenvalue weighted by molar-refractivity contribution is 5.86. The van der Waals surface area contributed by atoms with Gasteiger partial charge >= 0.3 is 0 Å². The smallest absolute Gasteiger partial charge is 0.138 e. The molecule has 0 aromatic rings. The number of ether oxygens (including phenoxy) is 1. The van der Waals surface area contributed by atoms with E-state index in [1.54, 1.807) is 0 Å². The Morgan fingerprint density at radius 3 is 2.27 bits per heavy atom. The molecule has 1 N–H and O–H groups in total. The van der Waals surface area contributed by atoms with Gasteiger partial charge in [0.25, 0.3) is 0 Å². The van der Waals surface area contributed by atoms with E-state index in [1.165, 1.54) is 44.9 Å². The first-order valence-electron chi connectivity index (χ1n) is 14.1. The molecule has 6 rings (SSSR count). The standard InChI is InChI=1S/C30H48O3/c1-18-8-11-23(26(4,5)32)33-19-16-28(7)21-10-9-20-25(2,3)22(31)12-13-29(20)17-30(21,29)15-14-27(28,6)24(18)19/h18-21,23-24,32H,8-17H2,1-7H3/t18-,19?,20?,21?,23-,24?,27-,28+,29-,30+/m1/s1. The van der Waals surface area contributed by atoms with E-state index in [0.29, 0.717) is 45.2 Å². The van der Waals surface area contributed by atoms with Crippen LogP contribution in [-0.4, -0.2) is 28.7 Å². The molecule has 1 aliphatic heterocycles. The van der Waals surface area contributed by atoms with Gasteiger partial charge in [-0.1, -0.05) is 34.6 Å². The zero-order chi connectivity index (χ0) is 23.8. The third-order valence-electron chi connectivity index (χ3n) is 13.5. The second kappa shape index (κ2) is 6.47. The highest BCUT2D eigenvalue weighted by Crippen LogP contribution is 2.89. The molecule has 2 spiro atoms. The van der Waals surface area contributed by atoms with Crippen molar-refractivity contribution in [3.05, 3.63) is 0 Å². The van der Waals surface area contributed by atoms with Gasteiger partial charge < -0.3 is 9.84 Å². The van der Waals surface area contributed by atoms with Crippen molar-refractivity contribution in [2.45, 2.75) is 130 Å². The van der Waals surface area contributed by atoms with Gasteiger partial charge in [-0.3, -0.25) is 4.79 Å². The third-order valence-corrected chi connectivity index (χ3v) is 13.5. The molecule has 4 unspecified atom stereocenters. The molecule has 0 aromatic heterocycles. The predicted octanol–water partition coefficient (Wildman–Crippen LogP) is 6.56. The second-order valence-corrected chi connectivity index (χ2v) is 15.3. The first kappa shape index (κ1) is 23.0. The minimum absolute atomic E-state index is 0.0515. The van der Waals surface area contributed by atoms with Crippen LogP contribution < -0.4 is 0 Å². The lowest BCUT2D eigenvalue weighted by Crippen LogP contribution is -2.57. The molecule has 10 atom stereocenters. The highest BCUT2D eigenvalue weighted by Gasteiger charge is 2.83. The van der Waals surface area contributed by atoms with Gasteiger partial charge in [0, 0.05) is 11.8 Å². The zero-order valence-electron chi connectivity index (χ0n) is 22.3. The Labute approximate surface area is 201 Å². The summed E-state index contributed by atoms with van der Waals surface area (Å²) in [6.45, 7) is 16.1. The Bertz CT molecular complexity index is 870. The maximum absolute atomic E-state index is 12.9. The van der Waals surface area contributed by atoms with Crippen molar-refractivity contribution in [1.29, 1.82) is 0 Å². The summed E-state index contributed by atoms with van der Waals surface area (Å²) in [6, 6.07) is 0. The molecule has 6 fully saturated rings. The molecule has 6 aliphatic rings. The van der Waals surface area contributed by atoms with Gasteiger partial charge in [0.2, 0.25) is 0 Å². The zero-order valence-corrected chi connectivity index (χ0v) is 22.3. The molecule has 0 radical (unpaired) electrons. The lowest BCUT2D eigenvalue weighted by atomic mass is 9.42. The largest absolute Gasteiger partial charge is 0.388 e.